The molecule has 2 N–H and O–H groups in total. The van der Waals surface area contributed by atoms with E-state index in [1.165, 1.54) is 24.1 Å². The molecule has 0 aromatic heterocycles. The molecule has 1 aromatic carbocycles. The van der Waals surface area contributed by atoms with Gasteiger partial charge in [0.2, 0.25) is 0 Å². The average molecular weight is 542 g/mol. The zero-order valence-corrected chi connectivity index (χ0v) is 21.7. The lowest BCUT2D eigenvalue weighted by molar-refractivity contribution is 0.00272. The highest BCUT2D eigenvalue weighted by molar-refractivity contribution is 14.0. The molecule has 3 rings (SSSR count). The van der Waals surface area contributed by atoms with Crippen molar-refractivity contribution in [1.29, 1.82) is 0 Å². The van der Waals surface area contributed by atoms with Crippen LogP contribution in [-0.2, 0) is 11.3 Å². The summed E-state index contributed by atoms with van der Waals surface area (Å²) in [4.78, 5) is 9.43. The van der Waals surface area contributed by atoms with Crippen LogP contribution in [0.15, 0.2) is 41.4 Å². The van der Waals surface area contributed by atoms with E-state index in [9.17, 15) is 0 Å². The Labute approximate surface area is 205 Å². The molecule has 1 aromatic rings. The zero-order valence-electron chi connectivity index (χ0n) is 19.3. The maximum Gasteiger partial charge on any atom is 0.191 e. The number of morpholine rings is 1. The van der Waals surface area contributed by atoms with Crippen LogP contribution in [-0.4, -0.2) is 69.9 Å². The Morgan fingerprint density at radius 1 is 1.10 bits per heavy atom. The quantitative estimate of drug-likeness (QED) is 0.217. The molecular formula is C24H40IN5O. The molecule has 0 bridgehead atoms. The van der Waals surface area contributed by atoms with Gasteiger partial charge in [-0.25, -0.2) is 0 Å². The molecule has 2 heterocycles. The van der Waals surface area contributed by atoms with Crippen LogP contribution in [0, 0.1) is 5.92 Å². The van der Waals surface area contributed by atoms with E-state index in [1.807, 2.05) is 7.05 Å². The number of halogens is 1. The standard InChI is InChI=1S/C24H39N5O.HI/c1-4-21(5-2)23(29-13-15-30-16-14-29)19-27-24(25-3)26-18-20-9-8-10-22(17-20)28-11-6-7-12-28;/h6-10,17,21,23H,4-5,11-16,18-19H2,1-3H3,(H2,25,26,27);1H. The van der Waals surface area contributed by atoms with Gasteiger partial charge >= 0.3 is 0 Å². The summed E-state index contributed by atoms with van der Waals surface area (Å²) in [6, 6.07) is 9.28. The number of aliphatic imine (C=N–C) groups is 1. The SMILES string of the molecule is CCC(CC)C(CNC(=NC)NCc1cccc(N2CC=CC2)c1)N1CCOCC1.I. The van der Waals surface area contributed by atoms with Crippen molar-refractivity contribution >= 4 is 35.6 Å². The number of benzene rings is 1. The molecule has 0 saturated carbocycles. The molecule has 1 unspecified atom stereocenters. The number of nitrogens with zero attached hydrogens (tertiary/aromatic N) is 3. The first-order chi connectivity index (χ1) is 14.7. The molecule has 0 amide bonds. The van der Waals surface area contributed by atoms with Crippen molar-refractivity contribution < 1.29 is 4.74 Å². The van der Waals surface area contributed by atoms with Gasteiger partial charge in [-0.05, 0) is 23.6 Å². The van der Waals surface area contributed by atoms with Gasteiger partial charge in [0.15, 0.2) is 5.96 Å². The van der Waals surface area contributed by atoms with Crippen LogP contribution in [0.3, 0.4) is 0 Å². The lowest BCUT2D eigenvalue weighted by Crippen LogP contribution is -2.53. The second-order valence-corrected chi connectivity index (χ2v) is 8.15. The average Bonchev–Trinajstić information content (AvgIpc) is 3.34. The third-order valence-electron chi connectivity index (χ3n) is 6.36. The minimum absolute atomic E-state index is 0. The van der Waals surface area contributed by atoms with E-state index >= 15 is 0 Å². The van der Waals surface area contributed by atoms with Crippen LogP contribution in [0.4, 0.5) is 5.69 Å². The zero-order chi connectivity index (χ0) is 21.2. The Bertz CT molecular complexity index is 693. The van der Waals surface area contributed by atoms with Crippen LogP contribution in [0.5, 0.6) is 0 Å². The van der Waals surface area contributed by atoms with Crippen LogP contribution in [0.25, 0.3) is 0 Å². The summed E-state index contributed by atoms with van der Waals surface area (Å²) >= 11 is 0. The van der Waals surface area contributed by atoms with Gasteiger partial charge in [-0.15, -0.1) is 24.0 Å². The monoisotopic (exact) mass is 541 g/mol. The minimum atomic E-state index is 0. The number of hydrogen-bond acceptors (Lipinski definition) is 4. The Hall–Kier alpha value is -1.32. The third-order valence-corrected chi connectivity index (χ3v) is 6.36. The molecule has 174 valence electrons. The van der Waals surface area contributed by atoms with Crippen LogP contribution >= 0.6 is 24.0 Å². The molecule has 7 heteroatoms. The molecule has 2 aliphatic heterocycles. The molecule has 0 spiro atoms. The van der Waals surface area contributed by atoms with Gasteiger partial charge < -0.3 is 20.3 Å². The van der Waals surface area contributed by atoms with Crippen LogP contribution in [0.2, 0.25) is 0 Å². The first-order valence-electron chi connectivity index (χ1n) is 11.5. The van der Waals surface area contributed by atoms with Gasteiger partial charge in [-0.2, -0.15) is 0 Å². The molecule has 31 heavy (non-hydrogen) atoms. The normalized spacial score (nSPS) is 18.2. The first-order valence-corrected chi connectivity index (χ1v) is 11.5. The van der Waals surface area contributed by atoms with E-state index in [2.05, 4.69) is 75.7 Å². The molecule has 0 aliphatic carbocycles. The highest BCUT2D eigenvalue weighted by Gasteiger charge is 2.27. The van der Waals surface area contributed by atoms with E-state index in [-0.39, 0.29) is 24.0 Å². The Balaban J connectivity index is 0.00000341. The van der Waals surface area contributed by atoms with Gasteiger partial charge in [0.05, 0.1) is 13.2 Å². The summed E-state index contributed by atoms with van der Waals surface area (Å²) < 4.78 is 5.57. The minimum Gasteiger partial charge on any atom is -0.379 e. The summed E-state index contributed by atoms with van der Waals surface area (Å²) in [5.41, 5.74) is 2.55. The van der Waals surface area contributed by atoms with Gasteiger partial charge in [0.1, 0.15) is 0 Å². The topological polar surface area (TPSA) is 52.1 Å². The lowest BCUT2D eigenvalue weighted by atomic mass is 9.92. The van der Waals surface area contributed by atoms with E-state index in [4.69, 9.17) is 4.74 Å². The van der Waals surface area contributed by atoms with Gasteiger partial charge in [0.25, 0.3) is 0 Å². The van der Waals surface area contributed by atoms with Crippen LogP contribution < -0.4 is 15.5 Å². The molecule has 1 atom stereocenters. The molecule has 6 nitrogen and oxygen atoms in total. The van der Waals surface area contributed by atoms with E-state index in [0.717, 1.165) is 58.4 Å². The number of ether oxygens (including phenoxy) is 1. The predicted octanol–water partition coefficient (Wildman–Crippen LogP) is 3.48. The summed E-state index contributed by atoms with van der Waals surface area (Å²) in [7, 11) is 1.85. The molecular weight excluding hydrogens is 501 g/mol. The fourth-order valence-electron chi connectivity index (χ4n) is 4.50. The van der Waals surface area contributed by atoms with Crippen molar-refractivity contribution in [1.82, 2.24) is 15.5 Å². The first kappa shape index (κ1) is 25.9. The highest BCUT2D eigenvalue weighted by atomic mass is 127. The van der Waals surface area contributed by atoms with Gasteiger partial charge in [0, 0.05) is 58.0 Å². The fourth-order valence-corrected chi connectivity index (χ4v) is 4.50. The van der Waals surface area contributed by atoms with Crippen molar-refractivity contribution in [3.63, 3.8) is 0 Å². The number of anilines is 1. The second kappa shape index (κ2) is 14.0. The Morgan fingerprint density at radius 3 is 2.45 bits per heavy atom. The summed E-state index contributed by atoms with van der Waals surface area (Å²) in [6.07, 6.45) is 6.84. The van der Waals surface area contributed by atoms with Crippen LogP contribution in [0.1, 0.15) is 32.3 Å². The van der Waals surface area contributed by atoms with Crippen molar-refractivity contribution in [2.45, 2.75) is 39.3 Å². The van der Waals surface area contributed by atoms with Crippen molar-refractivity contribution in [2.75, 3.05) is 57.9 Å². The molecule has 1 saturated heterocycles. The van der Waals surface area contributed by atoms with Crippen molar-refractivity contribution in [2.24, 2.45) is 10.9 Å². The predicted molar refractivity (Wildman–Crippen MR) is 142 cm³/mol. The lowest BCUT2D eigenvalue weighted by Gasteiger charge is -2.39. The summed E-state index contributed by atoms with van der Waals surface area (Å²) in [6.45, 7) is 12.0. The van der Waals surface area contributed by atoms with E-state index in [1.54, 1.807) is 0 Å². The van der Waals surface area contributed by atoms with E-state index < -0.39 is 0 Å². The van der Waals surface area contributed by atoms with Crippen molar-refractivity contribution in [3.05, 3.63) is 42.0 Å². The maximum absolute atomic E-state index is 5.57. The summed E-state index contributed by atoms with van der Waals surface area (Å²) in [5, 5.41) is 7.09. The highest BCUT2D eigenvalue weighted by Crippen LogP contribution is 2.20. The number of rotatable bonds is 9. The Morgan fingerprint density at radius 2 is 1.81 bits per heavy atom. The third kappa shape index (κ3) is 7.64. The second-order valence-electron chi connectivity index (χ2n) is 8.15. The fraction of sp³-hybridized carbons (Fsp3) is 0.625. The summed E-state index contributed by atoms with van der Waals surface area (Å²) in [5.74, 6) is 1.55. The van der Waals surface area contributed by atoms with E-state index in [0.29, 0.717) is 12.0 Å². The Kier molecular flexibility index (Phi) is 11.7. The molecule has 0 radical (unpaired) electrons. The number of guanidine groups is 1. The van der Waals surface area contributed by atoms with Crippen molar-refractivity contribution in [3.8, 4) is 0 Å². The van der Waals surface area contributed by atoms with Gasteiger partial charge in [-0.3, -0.25) is 9.89 Å². The number of hydrogen-bond donors (Lipinski definition) is 2. The number of nitrogens with one attached hydrogen (secondary N) is 2. The molecule has 1 fully saturated rings. The molecule has 2 aliphatic rings. The largest absolute Gasteiger partial charge is 0.379 e. The maximum atomic E-state index is 5.57. The van der Waals surface area contributed by atoms with Gasteiger partial charge in [-0.1, -0.05) is 51.0 Å². The smallest absolute Gasteiger partial charge is 0.191 e.